The standard InChI is InChI=1S/C15H24ClN/c1-5-12(6-2)10-15(17-4)13-8-7-11(3)9-14(13)16/h7-9,12,15,17H,5-6,10H2,1-4H3. The van der Waals surface area contributed by atoms with Gasteiger partial charge < -0.3 is 5.32 Å². The third-order valence-corrected chi connectivity index (χ3v) is 3.93. The van der Waals surface area contributed by atoms with Gasteiger partial charge in [0.1, 0.15) is 0 Å². The average Bonchev–Trinajstić information content (AvgIpc) is 2.32. The monoisotopic (exact) mass is 253 g/mol. The molecule has 17 heavy (non-hydrogen) atoms. The Balaban J connectivity index is 2.85. The van der Waals surface area contributed by atoms with Crippen molar-refractivity contribution < 1.29 is 0 Å². The van der Waals surface area contributed by atoms with Crippen LogP contribution >= 0.6 is 11.6 Å². The van der Waals surface area contributed by atoms with Gasteiger partial charge in [0, 0.05) is 11.1 Å². The van der Waals surface area contributed by atoms with E-state index >= 15 is 0 Å². The zero-order chi connectivity index (χ0) is 12.8. The maximum Gasteiger partial charge on any atom is 0.0456 e. The summed E-state index contributed by atoms with van der Waals surface area (Å²) in [7, 11) is 2.02. The molecule has 0 fully saturated rings. The minimum atomic E-state index is 0.369. The summed E-state index contributed by atoms with van der Waals surface area (Å²) >= 11 is 6.33. The lowest BCUT2D eigenvalue weighted by Crippen LogP contribution is -2.20. The minimum Gasteiger partial charge on any atom is -0.313 e. The number of rotatable bonds is 6. The van der Waals surface area contributed by atoms with E-state index in [1.807, 2.05) is 13.1 Å². The van der Waals surface area contributed by atoms with Crippen LogP contribution in [0.1, 0.15) is 50.3 Å². The van der Waals surface area contributed by atoms with Crippen LogP contribution in [0.3, 0.4) is 0 Å². The van der Waals surface area contributed by atoms with Crippen LogP contribution < -0.4 is 5.32 Å². The summed E-state index contributed by atoms with van der Waals surface area (Å²) in [5.74, 6) is 0.768. The highest BCUT2D eigenvalue weighted by atomic mass is 35.5. The first-order chi connectivity index (χ1) is 8.12. The van der Waals surface area contributed by atoms with E-state index in [-0.39, 0.29) is 0 Å². The average molecular weight is 254 g/mol. The number of hydrogen-bond acceptors (Lipinski definition) is 1. The quantitative estimate of drug-likeness (QED) is 0.773. The molecule has 1 atom stereocenters. The van der Waals surface area contributed by atoms with Crippen molar-refractivity contribution in [2.45, 2.75) is 46.1 Å². The van der Waals surface area contributed by atoms with Crippen molar-refractivity contribution >= 4 is 11.6 Å². The molecule has 0 saturated carbocycles. The van der Waals surface area contributed by atoms with Crippen molar-refractivity contribution in [2.75, 3.05) is 7.05 Å². The molecule has 0 aliphatic heterocycles. The van der Waals surface area contributed by atoms with Gasteiger partial charge in [-0.15, -0.1) is 0 Å². The molecule has 96 valence electrons. The van der Waals surface area contributed by atoms with Gasteiger partial charge in [0.05, 0.1) is 0 Å². The van der Waals surface area contributed by atoms with Gasteiger partial charge in [0.15, 0.2) is 0 Å². The van der Waals surface area contributed by atoms with Crippen molar-refractivity contribution in [3.63, 3.8) is 0 Å². The molecule has 0 spiro atoms. The van der Waals surface area contributed by atoms with Gasteiger partial charge >= 0.3 is 0 Å². The molecular weight excluding hydrogens is 230 g/mol. The Morgan fingerprint density at radius 3 is 2.35 bits per heavy atom. The maximum atomic E-state index is 6.33. The van der Waals surface area contributed by atoms with Crippen LogP contribution in [0.2, 0.25) is 5.02 Å². The van der Waals surface area contributed by atoms with Gasteiger partial charge in [-0.1, -0.05) is 50.4 Å². The van der Waals surface area contributed by atoms with Crippen molar-refractivity contribution in [3.8, 4) is 0 Å². The number of hydrogen-bond donors (Lipinski definition) is 1. The van der Waals surface area contributed by atoms with Crippen LogP contribution in [0.5, 0.6) is 0 Å². The zero-order valence-electron chi connectivity index (χ0n) is 11.4. The first kappa shape index (κ1) is 14.5. The fourth-order valence-electron chi connectivity index (χ4n) is 2.27. The van der Waals surface area contributed by atoms with Crippen molar-refractivity contribution in [2.24, 2.45) is 5.92 Å². The Hall–Kier alpha value is -0.530. The predicted molar refractivity (Wildman–Crippen MR) is 76.7 cm³/mol. The zero-order valence-corrected chi connectivity index (χ0v) is 12.1. The van der Waals surface area contributed by atoms with Crippen molar-refractivity contribution in [1.82, 2.24) is 5.32 Å². The smallest absolute Gasteiger partial charge is 0.0456 e. The lowest BCUT2D eigenvalue weighted by Gasteiger charge is -2.23. The highest BCUT2D eigenvalue weighted by molar-refractivity contribution is 6.31. The van der Waals surface area contributed by atoms with Gasteiger partial charge in [-0.05, 0) is 43.5 Å². The van der Waals surface area contributed by atoms with E-state index < -0.39 is 0 Å². The highest BCUT2D eigenvalue weighted by Gasteiger charge is 2.16. The second kappa shape index (κ2) is 7.03. The molecule has 0 aromatic heterocycles. The van der Waals surface area contributed by atoms with Crippen LogP contribution in [0.4, 0.5) is 0 Å². The molecule has 1 aromatic rings. The molecule has 1 aromatic carbocycles. The normalized spacial score (nSPS) is 13.1. The fraction of sp³-hybridized carbons (Fsp3) is 0.600. The first-order valence-corrected chi connectivity index (χ1v) is 6.93. The second-order valence-corrected chi connectivity index (χ2v) is 5.19. The van der Waals surface area contributed by atoms with Crippen LogP contribution in [-0.2, 0) is 0 Å². The topological polar surface area (TPSA) is 12.0 Å². The van der Waals surface area contributed by atoms with Crippen LogP contribution in [0.25, 0.3) is 0 Å². The Kier molecular flexibility index (Phi) is 6.01. The van der Waals surface area contributed by atoms with E-state index in [0.717, 1.165) is 17.4 Å². The molecule has 0 heterocycles. The maximum absolute atomic E-state index is 6.33. The summed E-state index contributed by atoms with van der Waals surface area (Å²) in [5, 5.41) is 4.28. The summed E-state index contributed by atoms with van der Waals surface area (Å²) in [5.41, 5.74) is 2.45. The van der Waals surface area contributed by atoms with E-state index in [0.29, 0.717) is 6.04 Å². The SMILES string of the molecule is CCC(CC)CC(NC)c1ccc(C)cc1Cl. The molecule has 1 N–H and O–H groups in total. The van der Waals surface area contributed by atoms with Gasteiger partial charge in [-0.25, -0.2) is 0 Å². The molecule has 0 aliphatic carbocycles. The number of halogens is 1. The van der Waals surface area contributed by atoms with Crippen LogP contribution in [0, 0.1) is 12.8 Å². The third-order valence-electron chi connectivity index (χ3n) is 3.60. The van der Waals surface area contributed by atoms with Crippen LogP contribution in [0.15, 0.2) is 18.2 Å². The molecule has 0 radical (unpaired) electrons. The highest BCUT2D eigenvalue weighted by Crippen LogP contribution is 2.30. The Labute approximate surface area is 111 Å². The summed E-state index contributed by atoms with van der Waals surface area (Å²) in [4.78, 5) is 0. The van der Waals surface area contributed by atoms with Gasteiger partial charge in [-0.3, -0.25) is 0 Å². The molecule has 0 saturated heterocycles. The van der Waals surface area contributed by atoms with E-state index in [1.54, 1.807) is 0 Å². The summed E-state index contributed by atoms with van der Waals surface area (Å²) in [6.07, 6.45) is 3.63. The summed E-state index contributed by atoms with van der Waals surface area (Å²) in [6.45, 7) is 6.60. The fourth-order valence-corrected chi connectivity index (χ4v) is 2.64. The largest absolute Gasteiger partial charge is 0.313 e. The van der Waals surface area contributed by atoms with Crippen molar-refractivity contribution in [3.05, 3.63) is 34.3 Å². The van der Waals surface area contributed by atoms with Gasteiger partial charge in [-0.2, -0.15) is 0 Å². The lowest BCUT2D eigenvalue weighted by molar-refractivity contribution is 0.385. The van der Waals surface area contributed by atoms with Crippen molar-refractivity contribution in [1.29, 1.82) is 0 Å². The van der Waals surface area contributed by atoms with E-state index in [4.69, 9.17) is 11.6 Å². The molecule has 1 rings (SSSR count). The molecule has 2 heteroatoms. The number of aryl methyl sites for hydroxylation is 1. The Morgan fingerprint density at radius 2 is 1.88 bits per heavy atom. The number of nitrogens with one attached hydrogen (secondary N) is 1. The van der Waals surface area contributed by atoms with E-state index in [1.165, 1.54) is 24.0 Å². The van der Waals surface area contributed by atoms with E-state index in [9.17, 15) is 0 Å². The van der Waals surface area contributed by atoms with Gasteiger partial charge in [0.2, 0.25) is 0 Å². The predicted octanol–water partition coefficient (Wildman–Crippen LogP) is 4.74. The van der Waals surface area contributed by atoms with Gasteiger partial charge in [0.25, 0.3) is 0 Å². The Morgan fingerprint density at radius 1 is 1.24 bits per heavy atom. The summed E-state index contributed by atoms with van der Waals surface area (Å²) in [6, 6.07) is 6.71. The molecule has 1 nitrogen and oxygen atoms in total. The molecule has 0 bridgehead atoms. The molecule has 0 amide bonds. The number of benzene rings is 1. The Bertz CT molecular complexity index is 345. The molecule has 1 unspecified atom stereocenters. The molecular formula is C15H24ClN. The first-order valence-electron chi connectivity index (χ1n) is 6.55. The van der Waals surface area contributed by atoms with Crippen LogP contribution in [-0.4, -0.2) is 7.05 Å². The molecule has 0 aliphatic rings. The third kappa shape index (κ3) is 4.01. The lowest BCUT2D eigenvalue weighted by atomic mass is 9.91. The second-order valence-electron chi connectivity index (χ2n) is 4.78. The summed E-state index contributed by atoms with van der Waals surface area (Å²) < 4.78 is 0. The minimum absolute atomic E-state index is 0.369. The van der Waals surface area contributed by atoms with E-state index in [2.05, 4.69) is 38.2 Å².